The van der Waals surface area contributed by atoms with Crippen molar-refractivity contribution in [3.05, 3.63) is 33.7 Å². The monoisotopic (exact) mass is 448 g/mol. The predicted octanol–water partition coefficient (Wildman–Crippen LogP) is 2.83. The highest BCUT2D eigenvalue weighted by Gasteiger charge is 2.59. The molecule has 2 aromatic rings. The van der Waals surface area contributed by atoms with Gasteiger partial charge in [0, 0.05) is 12.7 Å². The van der Waals surface area contributed by atoms with E-state index in [1.807, 2.05) is 13.8 Å². The molecule has 3 heterocycles. The fraction of sp³-hybridized carbons (Fsp3) is 0.500. The molecular weight excluding hydrogens is 424 g/mol. The number of rotatable bonds is 5. The van der Waals surface area contributed by atoms with Crippen molar-refractivity contribution >= 4 is 22.9 Å². The van der Waals surface area contributed by atoms with Crippen LogP contribution in [0, 0.1) is 6.92 Å². The van der Waals surface area contributed by atoms with Gasteiger partial charge in [-0.2, -0.15) is 0 Å². The summed E-state index contributed by atoms with van der Waals surface area (Å²) in [6.45, 7) is 6.53. The molecule has 2 aliphatic heterocycles. The summed E-state index contributed by atoms with van der Waals surface area (Å²) in [5.41, 5.74) is -1.74. The molecule has 1 N–H and O–H groups in total. The topological polar surface area (TPSA) is 131 Å². The maximum Gasteiger partial charge on any atom is 0.509 e. The van der Waals surface area contributed by atoms with Crippen LogP contribution in [0.25, 0.3) is 11.0 Å². The van der Waals surface area contributed by atoms with Gasteiger partial charge in [-0.25, -0.2) is 9.59 Å². The first-order valence-corrected chi connectivity index (χ1v) is 10.2. The molecule has 10 nitrogen and oxygen atoms in total. The number of ether oxygens (including phenoxy) is 5. The molecule has 2 saturated heterocycles. The Morgan fingerprint density at radius 2 is 1.91 bits per heavy atom. The van der Waals surface area contributed by atoms with E-state index in [2.05, 4.69) is 0 Å². The zero-order valence-electron chi connectivity index (χ0n) is 18.3. The molecule has 172 valence electrons. The van der Waals surface area contributed by atoms with Gasteiger partial charge in [-0.3, -0.25) is 4.79 Å². The molecule has 0 saturated carbocycles. The number of benzene rings is 1. The minimum absolute atomic E-state index is 0.0649. The predicted molar refractivity (Wildman–Crippen MR) is 109 cm³/mol. The largest absolute Gasteiger partial charge is 0.509 e. The summed E-state index contributed by atoms with van der Waals surface area (Å²) in [5, 5.41) is 10.6. The quantitative estimate of drug-likeness (QED) is 0.414. The first-order valence-electron chi connectivity index (χ1n) is 10.2. The number of ketones is 1. The Kier molecular flexibility index (Phi) is 5.38. The fourth-order valence-electron chi connectivity index (χ4n) is 4.26. The number of fused-ring (bicyclic) bond motifs is 2. The lowest BCUT2D eigenvalue weighted by Gasteiger charge is -2.46. The van der Waals surface area contributed by atoms with Gasteiger partial charge in [0.15, 0.2) is 11.9 Å². The van der Waals surface area contributed by atoms with Gasteiger partial charge in [-0.15, -0.1) is 0 Å². The van der Waals surface area contributed by atoms with E-state index in [0.717, 1.165) is 0 Å². The molecule has 32 heavy (non-hydrogen) atoms. The molecule has 1 aromatic carbocycles. The minimum atomic E-state index is -1.03. The number of Topliss-reactive ketones (excluding diaryl/α,β-unsaturated/α-hetero) is 1. The van der Waals surface area contributed by atoms with E-state index >= 15 is 0 Å². The second-order valence-corrected chi connectivity index (χ2v) is 8.08. The van der Waals surface area contributed by atoms with Gasteiger partial charge >= 0.3 is 11.8 Å². The zero-order valence-corrected chi connectivity index (χ0v) is 18.3. The van der Waals surface area contributed by atoms with Crippen molar-refractivity contribution in [1.82, 2.24) is 0 Å². The lowest BCUT2D eigenvalue weighted by Crippen LogP contribution is -2.63. The smallest absolute Gasteiger partial charge is 0.506 e. The SMILES string of the molecule is CC[C@]1(C)O[C@@H](Oc2ccc3c(O)c(C(C)=O)c(=O)oc3c2C)[C@@H]2OC(=O)O[C@@H]2[C@H]1OC. The summed E-state index contributed by atoms with van der Waals surface area (Å²) >= 11 is 0. The van der Waals surface area contributed by atoms with E-state index in [9.17, 15) is 19.5 Å². The van der Waals surface area contributed by atoms with Crippen LogP contribution in [0.1, 0.15) is 43.1 Å². The highest BCUT2D eigenvalue weighted by atomic mass is 16.8. The van der Waals surface area contributed by atoms with Gasteiger partial charge in [0.1, 0.15) is 28.7 Å². The molecule has 0 spiro atoms. The molecule has 0 amide bonds. The normalized spacial score (nSPS) is 29.3. The van der Waals surface area contributed by atoms with E-state index in [0.29, 0.717) is 12.0 Å². The van der Waals surface area contributed by atoms with Crippen LogP contribution in [0.5, 0.6) is 11.5 Å². The van der Waals surface area contributed by atoms with Crippen LogP contribution >= 0.6 is 0 Å². The summed E-state index contributed by atoms with van der Waals surface area (Å²) in [7, 11) is 1.50. The average molecular weight is 448 g/mol. The van der Waals surface area contributed by atoms with Crippen LogP contribution in [-0.2, 0) is 18.9 Å². The standard InChI is InChI=1S/C22H24O10/c1-6-22(4)18(27-5)16-17(31-21(26)30-16)20(32-22)28-12-8-7-11-14(24)13(10(3)23)19(25)29-15(11)9(12)2/h7-8,16-18,20,24H,6H2,1-5H3/t16-,17+,18+,20+,22-/m0/s1. The Labute approximate surface area is 182 Å². The van der Waals surface area contributed by atoms with E-state index in [1.54, 1.807) is 13.0 Å². The van der Waals surface area contributed by atoms with Crippen molar-refractivity contribution in [2.24, 2.45) is 0 Å². The van der Waals surface area contributed by atoms with Crippen molar-refractivity contribution in [2.75, 3.05) is 7.11 Å². The maximum atomic E-state index is 12.2. The number of methoxy groups -OCH3 is 1. The third-order valence-corrected chi connectivity index (χ3v) is 6.14. The third kappa shape index (κ3) is 3.30. The molecule has 2 aliphatic rings. The molecule has 0 radical (unpaired) electrons. The molecule has 2 fully saturated rings. The zero-order chi connectivity index (χ0) is 23.4. The van der Waals surface area contributed by atoms with Crippen LogP contribution in [0.15, 0.2) is 21.3 Å². The highest BCUT2D eigenvalue weighted by molar-refractivity contribution is 6.02. The maximum absolute atomic E-state index is 12.2. The summed E-state index contributed by atoms with van der Waals surface area (Å²) < 4.78 is 33.7. The number of carbonyl (C=O) groups is 2. The molecule has 1 aromatic heterocycles. The van der Waals surface area contributed by atoms with Crippen LogP contribution in [0.2, 0.25) is 0 Å². The minimum Gasteiger partial charge on any atom is -0.506 e. The van der Waals surface area contributed by atoms with Gasteiger partial charge in [-0.05, 0) is 39.3 Å². The van der Waals surface area contributed by atoms with Gasteiger partial charge in [0.25, 0.3) is 0 Å². The van der Waals surface area contributed by atoms with Crippen molar-refractivity contribution < 1.29 is 42.8 Å². The lowest BCUT2D eigenvalue weighted by molar-refractivity contribution is -0.289. The summed E-state index contributed by atoms with van der Waals surface area (Å²) in [4.78, 5) is 35.8. The number of aryl methyl sites for hydroxylation is 1. The number of hydrogen-bond acceptors (Lipinski definition) is 10. The Balaban J connectivity index is 1.75. The van der Waals surface area contributed by atoms with Crippen LogP contribution in [0.3, 0.4) is 0 Å². The molecule has 4 rings (SSSR count). The van der Waals surface area contributed by atoms with Gasteiger partial charge < -0.3 is 33.2 Å². The van der Waals surface area contributed by atoms with Gasteiger partial charge in [0.2, 0.25) is 12.4 Å². The molecule has 5 atom stereocenters. The van der Waals surface area contributed by atoms with Crippen LogP contribution in [-0.4, -0.2) is 54.4 Å². The van der Waals surface area contributed by atoms with Crippen molar-refractivity contribution in [2.45, 2.75) is 64.3 Å². The van der Waals surface area contributed by atoms with Crippen molar-refractivity contribution in [3.63, 3.8) is 0 Å². The molecule has 0 unspecified atom stereocenters. The molecular formula is C22H24O10. The molecule has 10 heteroatoms. The van der Waals surface area contributed by atoms with E-state index in [4.69, 9.17) is 28.1 Å². The van der Waals surface area contributed by atoms with E-state index in [1.165, 1.54) is 20.1 Å². The lowest BCUT2D eigenvalue weighted by atomic mass is 9.86. The fourth-order valence-corrected chi connectivity index (χ4v) is 4.26. The van der Waals surface area contributed by atoms with Gasteiger partial charge in [0.05, 0.1) is 11.0 Å². The first-order chi connectivity index (χ1) is 15.1. The summed E-state index contributed by atoms with van der Waals surface area (Å²) in [5.74, 6) is -0.781. The highest BCUT2D eigenvalue weighted by Crippen LogP contribution is 2.41. The summed E-state index contributed by atoms with van der Waals surface area (Å²) in [6.07, 6.45) is -3.53. The second kappa shape index (κ2) is 7.79. The van der Waals surface area contributed by atoms with Crippen molar-refractivity contribution in [1.29, 1.82) is 0 Å². The molecule has 0 aliphatic carbocycles. The van der Waals surface area contributed by atoms with Crippen LogP contribution in [0.4, 0.5) is 4.79 Å². The Morgan fingerprint density at radius 3 is 2.53 bits per heavy atom. The molecule has 0 bridgehead atoms. The first kappa shape index (κ1) is 22.1. The van der Waals surface area contributed by atoms with Crippen molar-refractivity contribution in [3.8, 4) is 11.5 Å². The number of aromatic hydroxyl groups is 1. The number of carbonyl (C=O) groups excluding carboxylic acids is 2. The Morgan fingerprint density at radius 1 is 1.22 bits per heavy atom. The van der Waals surface area contributed by atoms with Crippen LogP contribution < -0.4 is 10.4 Å². The van der Waals surface area contributed by atoms with Gasteiger partial charge in [-0.1, -0.05) is 6.92 Å². The second-order valence-electron chi connectivity index (χ2n) is 8.08. The Hall–Kier alpha value is -3.11. The third-order valence-electron chi connectivity index (χ3n) is 6.14. The van der Waals surface area contributed by atoms with E-state index in [-0.39, 0.29) is 16.7 Å². The average Bonchev–Trinajstić information content (AvgIpc) is 3.11. The Bertz CT molecular complexity index is 1150. The van der Waals surface area contributed by atoms with E-state index < -0.39 is 59.1 Å². The number of hydrogen-bond donors (Lipinski definition) is 1. The summed E-state index contributed by atoms with van der Waals surface area (Å²) in [6, 6.07) is 3.01.